The second-order valence-corrected chi connectivity index (χ2v) is 4.94. The zero-order valence-electron chi connectivity index (χ0n) is 12.0. The first kappa shape index (κ1) is 15.4. The second kappa shape index (κ2) is 7.13. The van der Waals surface area contributed by atoms with E-state index < -0.39 is 11.6 Å². The fourth-order valence-corrected chi connectivity index (χ4v) is 2.23. The monoisotopic (exact) mass is 291 g/mol. The Morgan fingerprint density at radius 2 is 1.86 bits per heavy atom. The first-order valence-electron chi connectivity index (χ1n) is 6.91. The average molecular weight is 291 g/mol. The van der Waals surface area contributed by atoms with E-state index in [1.807, 2.05) is 18.2 Å². The Bertz CT molecular complexity index is 564. The fraction of sp³-hybridized carbons (Fsp3) is 0.312. The number of hydrogen-bond acceptors (Lipinski definition) is 3. The van der Waals surface area contributed by atoms with Gasteiger partial charge in [-0.15, -0.1) is 0 Å². The highest BCUT2D eigenvalue weighted by atomic mass is 19.1. The SMILES string of the molecule is CN(CCc1ccccn1)c1c(F)cc(CCN)cc1F. The average Bonchev–Trinajstić information content (AvgIpc) is 2.46. The van der Waals surface area contributed by atoms with Gasteiger partial charge in [0.25, 0.3) is 0 Å². The number of anilines is 1. The third-order valence-electron chi connectivity index (χ3n) is 3.32. The van der Waals surface area contributed by atoms with Crippen molar-refractivity contribution < 1.29 is 8.78 Å². The van der Waals surface area contributed by atoms with Crippen molar-refractivity contribution in [1.29, 1.82) is 0 Å². The number of likely N-dealkylation sites (N-methyl/N-ethyl adjacent to an activating group) is 1. The molecular weight excluding hydrogens is 272 g/mol. The number of rotatable bonds is 6. The standard InChI is InChI=1S/C16H19F2N3/c1-21(9-6-13-4-2-3-8-20-13)16-14(17)10-12(5-7-19)11-15(16)18/h2-4,8,10-11H,5-7,9,19H2,1H3. The summed E-state index contributed by atoms with van der Waals surface area (Å²) in [6.07, 6.45) is 2.80. The van der Waals surface area contributed by atoms with Crippen molar-refractivity contribution >= 4 is 5.69 Å². The third-order valence-corrected chi connectivity index (χ3v) is 3.32. The van der Waals surface area contributed by atoms with E-state index in [1.54, 1.807) is 18.1 Å². The van der Waals surface area contributed by atoms with E-state index in [9.17, 15) is 8.78 Å². The molecule has 2 rings (SSSR count). The van der Waals surface area contributed by atoms with Crippen LogP contribution in [-0.2, 0) is 12.8 Å². The highest BCUT2D eigenvalue weighted by molar-refractivity contribution is 5.50. The van der Waals surface area contributed by atoms with Crippen molar-refractivity contribution in [1.82, 2.24) is 4.98 Å². The van der Waals surface area contributed by atoms with Crippen LogP contribution in [0.5, 0.6) is 0 Å². The Hall–Kier alpha value is -2.01. The normalized spacial score (nSPS) is 10.7. The zero-order valence-corrected chi connectivity index (χ0v) is 12.0. The molecule has 0 aliphatic carbocycles. The first-order valence-corrected chi connectivity index (χ1v) is 6.91. The summed E-state index contributed by atoms with van der Waals surface area (Å²) in [5, 5.41) is 0. The maximum atomic E-state index is 14.1. The van der Waals surface area contributed by atoms with Gasteiger partial charge in [0.05, 0.1) is 0 Å². The molecule has 1 aromatic carbocycles. The van der Waals surface area contributed by atoms with Crippen molar-refractivity contribution in [3.8, 4) is 0 Å². The van der Waals surface area contributed by atoms with Gasteiger partial charge in [-0.25, -0.2) is 8.78 Å². The highest BCUT2D eigenvalue weighted by Crippen LogP contribution is 2.24. The number of pyridine rings is 1. The van der Waals surface area contributed by atoms with E-state index in [0.717, 1.165) is 5.69 Å². The molecule has 1 aromatic heterocycles. The number of benzene rings is 1. The molecule has 112 valence electrons. The van der Waals surface area contributed by atoms with Crippen LogP contribution in [0, 0.1) is 11.6 Å². The van der Waals surface area contributed by atoms with Gasteiger partial charge < -0.3 is 10.6 Å². The molecule has 0 radical (unpaired) electrons. The first-order chi connectivity index (χ1) is 10.1. The van der Waals surface area contributed by atoms with Crippen molar-refractivity contribution in [3.05, 3.63) is 59.4 Å². The molecule has 2 aromatic rings. The largest absolute Gasteiger partial charge is 0.369 e. The van der Waals surface area contributed by atoms with E-state index in [0.29, 0.717) is 31.5 Å². The van der Waals surface area contributed by atoms with Gasteiger partial charge in [-0.1, -0.05) is 6.07 Å². The molecule has 0 atom stereocenters. The van der Waals surface area contributed by atoms with Crippen molar-refractivity contribution in [3.63, 3.8) is 0 Å². The van der Waals surface area contributed by atoms with Gasteiger partial charge in [0.2, 0.25) is 0 Å². The fourth-order valence-electron chi connectivity index (χ4n) is 2.23. The molecule has 0 aliphatic rings. The van der Waals surface area contributed by atoms with Crippen LogP contribution in [0.25, 0.3) is 0 Å². The summed E-state index contributed by atoms with van der Waals surface area (Å²) >= 11 is 0. The maximum Gasteiger partial charge on any atom is 0.149 e. The van der Waals surface area contributed by atoms with E-state index in [4.69, 9.17) is 5.73 Å². The minimum atomic E-state index is -0.554. The van der Waals surface area contributed by atoms with Gasteiger partial charge in [0, 0.05) is 31.9 Å². The molecular formula is C16H19F2N3. The molecule has 1 heterocycles. The molecule has 0 saturated carbocycles. The third kappa shape index (κ3) is 3.98. The molecule has 0 unspecified atom stereocenters. The second-order valence-electron chi connectivity index (χ2n) is 4.94. The molecule has 0 saturated heterocycles. The summed E-state index contributed by atoms with van der Waals surface area (Å²) in [6.45, 7) is 0.856. The van der Waals surface area contributed by atoms with Gasteiger partial charge in [-0.2, -0.15) is 0 Å². The topological polar surface area (TPSA) is 42.2 Å². The number of nitrogens with two attached hydrogens (primary N) is 1. The smallest absolute Gasteiger partial charge is 0.149 e. The molecule has 0 bridgehead atoms. The summed E-state index contributed by atoms with van der Waals surface area (Å²) in [4.78, 5) is 5.77. The summed E-state index contributed by atoms with van der Waals surface area (Å²) in [6, 6.07) is 8.32. The van der Waals surface area contributed by atoms with Crippen LogP contribution in [0.2, 0.25) is 0 Å². The minimum Gasteiger partial charge on any atom is -0.369 e. The van der Waals surface area contributed by atoms with Crippen LogP contribution < -0.4 is 10.6 Å². The van der Waals surface area contributed by atoms with Crippen LogP contribution in [-0.4, -0.2) is 25.1 Å². The Balaban J connectivity index is 2.10. The predicted octanol–water partition coefficient (Wildman–Crippen LogP) is 2.54. The van der Waals surface area contributed by atoms with Gasteiger partial charge in [-0.3, -0.25) is 4.98 Å². The summed E-state index contributed by atoms with van der Waals surface area (Å²) < 4.78 is 28.1. The molecule has 0 amide bonds. The highest BCUT2D eigenvalue weighted by Gasteiger charge is 2.15. The number of hydrogen-bond donors (Lipinski definition) is 1. The Labute approximate surface area is 123 Å². The van der Waals surface area contributed by atoms with E-state index in [-0.39, 0.29) is 5.69 Å². The lowest BCUT2D eigenvalue weighted by atomic mass is 10.1. The lowest BCUT2D eigenvalue weighted by Gasteiger charge is -2.21. The van der Waals surface area contributed by atoms with Crippen LogP contribution in [0.4, 0.5) is 14.5 Å². The number of halogens is 2. The van der Waals surface area contributed by atoms with E-state index in [2.05, 4.69) is 4.98 Å². The Morgan fingerprint density at radius 1 is 1.14 bits per heavy atom. The quantitative estimate of drug-likeness (QED) is 0.889. The molecule has 21 heavy (non-hydrogen) atoms. The van der Waals surface area contributed by atoms with E-state index in [1.165, 1.54) is 12.1 Å². The van der Waals surface area contributed by atoms with Crippen LogP contribution in [0.1, 0.15) is 11.3 Å². The molecule has 2 N–H and O–H groups in total. The molecule has 0 fully saturated rings. The Kier molecular flexibility index (Phi) is 5.22. The molecule has 0 aliphatic heterocycles. The Morgan fingerprint density at radius 3 is 2.43 bits per heavy atom. The van der Waals surface area contributed by atoms with Crippen LogP contribution in [0.3, 0.4) is 0 Å². The van der Waals surface area contributed by atoms with Gasteiger partial charge in [-0.05, 0) is 42.8 Å². The molecule has 3 nitrogen and oxygen atoms in total. The van der Waals surface area contributed by atoms with Crippen LogP contribution >= 0.6 is 0 Å². The van der Waals surface area contributed by atoms with Crippen molar-refractivity contribution in [2.75, 3.05) is 25.0 Å². The maximum absolute atomic E-state index is 14.1. The number of nitrogens with zero attached hydrogens (tertiary/aromatic N) is 2. The lowest BCUT2D eigenvalue weighted by Crippen LogP contribution is -2.23. The lowest BCUT2D eigenvalue weighted by molar-refractivity contribution is 0.573. The van der Waals surface area contributed by atoms with Crippen LogP contribution in [0.15, 0.2) is 36.5 Å². The van der Waals surface area contributed by atoms with E-state index >= 15 is 0 Å². The number of aromatic nitrogens is 1. The van der Waals surface area contributed by atoms with Crippen molar-refractivity contribution in [2.24, 2.45) is 5.73 Å². The van der Waals surface area contributed by atoms with Gasteiger partial charge >= 0.3 is 0 Å². The molecule has 0 spiro atoms. The summed E-state index contributed by atoms with van der Waals surface area (Å²) in [5.41, 5.74) is 6.87. The summed E-state index contributed by atoms with van der Waals surface area (Å²) in [5.74, 6) is -1.11. The van der Waals surface area contributed by atoms with Crippen molar-refractivity contribution in [2.45, 2.75) is 12.8 Å². The molecule has 5 heteroatoms. The van der Waals surface area contributed by atoms with Gasteiger partial charge in [0.15, 0.2) is 0 Å². The summed E-state index contributed by atoms with van der Waals surface area (Å²) in [7, 11) is 1.67. The van der Waals surface area contributed by atoms with Gasteiger partial charge in [0.1, 0.15) is 17.3 Å². The predicted molar refractivity (Wildman–Crippen MR) is 80.3 cm³/mol. The minimum absolute atomic E-state index is 0.00768. The zero-order chi connectivity index (χ0) is 15.2.